The van der Waals surface area contributed by atoms with E-state index in [0.29, 0.717) is 22.8 Å². The van der Waals surface area contributed by atoms with E-state index in [0.717, 1.165) is 5.39 Å². The molecule has 0 saturated carbocycles. The third-order valence-corrected chi connectivity index (χ3v) is 2.71. The van der Waals surface area contributed by atoms with Crippen LogP contribution in [0.15, 0.2) is 41.3 Å². The quantitative estimate of drug-likeness (QED) is 0.393. The molecule has 0 fully saturated rings. The zero-order chi connectivity index (χ0) is 14.7. The van der Waals surface area contributed by atoms with Gasteiger partial charge in [0.05, 0.1) is 0 Å². The molecular weight excluding hydrogens is 284 g/mol. The molecule has 0 aliphatic carbocycles. The van der Waals surface area contributed by atoms with Gasteiger partial charge in [-0.25, -0.2) is 15.2 Å². The van der Waals surface area contributed by atoms with Crippen molar-refractivity contribution in [2.75, 3.05) is 5.01 Å². The Morgan fingerprint density at radius 3 is 2.85 bits per heavy atom. The number of hydrogen-bond donors (Lipinski definition) is 2. The first kappa shape index (κ1) is 14.0. The second kappa shape index (κ2) is 5.66. The lowest BCUT2D eigenvalue weighted by atomic mass is 10.2. The van der Waals surface area contributed by atoms with Crippen molar-refractivity contribution in [2.45, 2.75) is 6.42 Å². The molecule has 20 heavy (non-hydrogen) atoms. The van der Waals surface area contributed by atoms with Crippen LogP contribution in [0.5, 0.6) is 0 Å². The van der Waals surface area contributed by atoms with Gasteiger partial charge in [-0.15, -0.1) is 6.58 Å². The number of para-hydroxylation sites is 1. The number of carbonyl (C=O) groups is 2. The van der Waals surface area contributed by atoms with Gasteiger partial charge in [0.25, 0.3) is 0 Å². The summed E-state index contributed by atoms with van der Waals surface area (Å²) in [6, 6.07) is 6.77. The van der Waals surface area contributed by atoms with Gasteiger partial charge in [0, 0.05) is 11.8 Å². The van der Waals surface area contributed by atoms with E-state index in [-0.39, 0.29) is 5.69 Å². The maximum absolute atomic E-state index is 11.4. The summed E-state index contributed by atoms with van der Waals surface area (Å²) in [6.45, 7) is 3.62. The van der Waals surface area contributed by atoms with Gasteiger partial charge >= 0.3 is 11.5 Å². The standard InChI is InChI=1S/C13H11ClN2O4/c1-2-4-9-7-8-5-3-6-10(11(8)20-9)16(12(14)17)15-13(18)19/h2-3,5-7,15H,1,4H2,(H,18,19). The molecule has 1 aromatic carbocycles. The van der Waals surface area contributed by atoms with Crippen molar-refractivity contribution in [3.05, 3.63) is 42.7 Å². The molecule has 0 spiro atoms. The highest BCUT2D eigenvalue weighted by Crippen LogP contribution is 2.30. The molecule has 0 radical (unpaired) electrons. The van der Waals surface area contributed by atoms with E-state index in [1.807, 2.05) is 5.43 Å². The van der Waals surface area contributed by atoms with Crippen LogP contribution < -0.4 is 10.4 Å². The number of nitrogens with zero attached hydrogens (tertiary/aromatic N) is 1. The summed E-state index contributed by atoms with van der Waals surface area (Å²) < 4.78 is 5.60. The fourth-order valence-electron chi connectivity index (χ4n) is 1.81. The number of hydrogen-bond acceptors (Lipinski definition) is 3. The first-order valence-electron chi connectivity index (χ1n) is 5.64. The van der Waals surface area contributed by atoms with Crippen molar-refractivity contribution < 1.29 is 19.1 Å². The summed E-state index contributed by atoms with van der Waals surface area (Å²) in [5.41, 5.74) is 2.51. The lowest BCUT2D eigenvalue weighted by Gasteiger charge is -2.18. The summed E-state index contributed by atoms with van der Waals surface area (Å²) in [5.74, 6) is 0.653. The van der Waals surface area contributed by atoms with Crippen LogP contribution >= 0.6 is 11.6 Å². The molecule has 0 aliphatic rings. The van der Waals surface area contributed by atoms with Crippen molar-refractivity contribution >= 4 is 39.7 Å². The molecule has 0 saturated heterocycles. The zero-order valence-electron chi connectivity index (χ0n) is 10.3. The fraction of sp³-hybridized carbons (Fsp3) is 0.0769. The predicted octanol–water partition coefficient (Wildman–Crippen LogP) is 3.51. The van der Waals surface area contributed by atoms with E-state index in [2.05, 4.69) is 6.58 Å². The minimum atomic E-state index is -1.41. The third-order valence-electron chi connectivity index (χ3n) is 2.54. The van der Waals surface area contributed by atoms with Gasteiger partial charge in [0.15, 0.2) is 5.58 Å². The molecule has 2 rings (SSSR count). The number of benzene rings is 1. The second-order valence-corrected chi connectivity index (χ2v) is 4.23. The summed E-state index contributed by atoms with van der Waals surface area (Å²) in [5, 5.41) is 9.20. The number of rotatable bonds is 3. The molecule has 0 atom stereocenters. The Morgan fingerprint density at radius 1 is 1.50 bits per heavy atom. The number of furan rings is 1. The van der Waals surface area contributed by atoms with Crippen LogP contribution in [0.25, 0.3) is 11.0 Å². The van der Waals surface area contributed by atoms with Crippen LogP contribution in [0.3, 0.4) is 0 Å². The Bertz CT molecular complexity index is 680. The molecule has 0 unspecified atom stereocenters. The molecule has 6 nitrogen and oxygen atoms in total. The number of fused-ring (bicyclic) bond motifs is 1. The van der Waals surface area contributed by atoms with Gasteiger partial charge in [0.1, 0.15) is 11.4 Å². The van der Waals surface area contributed by atoms with Gasteiger partial charge < -0.3 is 9.52 Å². The highest BCUT2D eigenvalue weighted by atomic mass is 35.5. The molecule has 7 heteroatoms. The van der Waals surface area contributed by atoms with Crippen LogP contribution in [0.4, 0.5) is 15.3 Å². The van der Waals surface area contributed by atoms with Crippen LogP contribution in [0.2, 0.25) is 0 Å². The number of amides is 2. The molecule has 2 N–H and O–H groups in total. The van der Waals surface area contributed by atoms with E-state index in [1.165, 1.54) is 6.07 Å². The van der Waals surface area contributed by atoms with Crippen molar-refractivity contribution in [3.8, 4) is 0 Å². The highest BCUT2D eigenvalue weighted by molar-refractivity contribution is 6.66. The summed E-state index contributed by atoms with van der Waals surface area (Å²) in [6.07, 6.45) is 0.793. The lowest BCUT2D eigenvalue weighted by Crippen LogP contribution is -2.43. The first-order valence-corrected chi connectivity index (χ1v) is 6.02. The number of anilines is 1. The minimum absolute atomic E-state index is 0.222. The monoisotopic (exact) mass is 294 g/mol. The summed E-state index contributed by atoms with van der Waals surface area (Å²) in [4.78, 5) is 22.1. The molecule has 104 valence electrons. The summed E-state index contributed by atoms with van der Waals surface area (Å²) >= 11 is 5.39. The Labute approximate surface area is 119 Å². The highest BCUT2D eigenvalue weighted by Gasteiger charge is 2.20. The molecule has 0 bridgehead atoms. The van der Waals surface area contributed by atoms with Crippen LogP contribution in [-0.2, 0) is 6.42 Å². The molecule has 0 aliphatic heterocycles. The van der Waals surface area contributed by atoms with E-state index in [4.69, 9.17) is 21.1 Å². The lowest BCUT2D eigenvalue weighted by molar-refractivity contribution is 0.193. The van der Waals surface area contributed by atoms with Crippen LogP contribution in [0.1, 0.15) is 5.76 Å². The Kier molecular flexibility index (Phi) is 3.95. The van der Waals surface area contributed by atoms with E-state index in [9.17, 15) is 9.59 Å². The van der Waals surface area contributed by atoms with Gasteiger partial charge in [0.2, 0.25) is 0 Å². The minimum Gasteiger partial charge on any atom is -0.464 e. The van der Waals surface area contributed by atoms with E-state index < -0.39 is 11.5 Å². The molecule has 1 aromatic heterocycles. The molecule has 2 amide bonds. The van der Waals surface area contributed by atoms with Crippen molar-refractivity contribution in [1.82, 2.24) is 5.43 Å². The average molecular weight is 295 g/mol. The van der Waals surface area contributed by atoms with Crippen LogP contribution in [-0.4, -0.2) is 16.6 Å². The third kappa shape index (κ3) is 2.75. The number of hydrazine groups is 1. The van der Waals surface area contributed by atoms with Crippen LogP contribution in [0, 0.1) is 0 Å². The van der Waals surface area contributed by atoms with E-state index >= 15 is 0 Å². The van der Waals surface area contributed by atoms with Gasteiger partial charge in [-0.2, -0.15) is 0 Å². The number of carbonyl (C=O) groups excluding carboxylic acids is 1. The average Bonchev–Trinajstić information content (AvgIpc) is 2.78. The van der Waals surface area contributed by atoms with Crippen molar-refractivity contribution in [2.24, 2.45) is 0 Å². The SMILES string of the molecule is C=CCc1cc2cccc(N(NC(=O)O)C(=O)Cl)c2o1. The van der Waals surface area contributed by atoms with Gasteiger partial charge in [-0.05, 0) is 23.7 Å². The molecule has 2 aromatic rings. The van der Waals surface area contributed by atoms with E-state index in [1.54, 1.807) is 24.3 Å². The second-order valence-electron chi connectivity index (χ2n) is 3.91. The largest absolute Gasteiger partial charge is 0.464 e. The smallest absolute Gasteiger partial charge is 0.424 e. The Hall–Kier alpha value is -2.47. The number of nitrogens with one attached hydrogen (secondary N) is 1. The van der Waals surface area contributed by atoms with Gasteiger partial charge in [-0.3, -0.25) is 4.79 Å². The summed E-state index contributed by atoms with van der Waals surface area (Å²) in [7, 11) is 0. The maximum atomic E-state index is 11.4. The predicted molar refractivity (Wildman–Crippen MR) is 75.0 cm³/mol. The first-order chi connectivity index (χ1) is 9.52. The Balaban J connectivity index is 2.53. The topological polar surface area (TPSA) is 82.8 Å². The van der Waals surface area contributed by atoms with Gasteiger partial charge in [-0.1, -0.05) is 18.2 Å². The normalized spacial score (nSPS) is 10.2. The van der Waals surface area contributed by atoms with Crippen molar-refractivity contribution in [3.63, 3.8) is 0 Å². The zero-order valence-corrected chi connectivity index (χ0v) is 11.1. The number of halogens is 1. The molecule has 1 heterocycles. The molecular formula is C13H11ClN2O4. The number of carboxylic acid groups (broad SMARTS) is 1. The number of allylic oxidation sites excluding steroid dienone is 1. The Morgan fingerprint density at radius 2 is 2.25 bits per heavy atom. The fourth-order valence-corrected chi connectivity index (χ4v) is 1.95. The van der Waals surface area contributed by atoms with Crippen molar-refractivity contribution in [1.29, 1.82) is 0 Å². The maximum Gasteiger partial charge on any atom is 0.424 e.